The number of hydrogen-bond acceptors (Lipinski definition) is 5. The van der Waals surface area contributed by atoms with E-state index in [1.54, 1.807) is 0 Å². The van der Waals surface area contributed by atoms with Crippen LogP contribution in [0.15, 0.2) is 42.6 Å². The van der Waals surface area contributed by atoms with E-state index in [0.717, 1.165) is 5.56 Å². The second-order valence-corrected chi connectivity index (χ2v) is 5.80. The van der Waals surface area contributed by atoms with Gasteiger partial charge in [0.1, 0.15) is 12.2 Å². The summed E-state index contributed by atoms with van der Waals surface area (Å²) >= 11 is 0. The van der Waals surface area contributed by atoms with Gasteiger partial charge >= 0.3 is 5.97 Å². The molecule has 0 saturated carbocycles. The van der Waals surface area contributed by atoms with Gasteiger partial charge in [0.15, 0.2) is 5.82 Å². The molecule has 0 spiro atoms. The van der Waals surface area contributed by atoms with Crippen molar-refractivity contribution in [3.05, 3.63) is 48.3 Å². The predicted molar refractivity (Wildman–Crippen MR) is 90.0 cm³/mol. The van der Waals surface area contributed by atoms with Crippen molar-refractivity contribution in [3.63, 3.8) is 0 Å². The van der Waals surface area contributed by atoms with Crippen LogP contribution in [0.1, 0.15) is 23.3 Å². The van der Waals surface area contributed by atoms with Crippen molar-refractivity contribution in [1.29, 1.82) is 0 Å². The molecule has 0 aliphatic carbocycles. The van der Waals surface area contributed by atoms with Crippen molar-refractivity contribution in [1.82, 2.24) is 14.9 Å². The maximum Gasteiger partial charge on any atom is 0.323 e. The summed E-state index contributed by atoms with van der Waals surface area (Å²) in [5, 5.41) is 9.19. The van der Waals surface area contributed by atoms with Gasteiger partial charge in [0.05, 0.1) is 0 Å². The van der Waals surface area contributed by atoms with E-state index in [2.05, 4.69) is 9.97 Å². The molecular formula is C18H19N3O4. The third-order valence-corrected chi connectivity index (χ3v) is 4.10. The minimum absolute atomic E-state index is 0.160. The van der Waals surface area contributed by atoms with Crippen LogP contribution >= 0.6 is 0 Å². The van der Waals surface area contributed by atoms with Crippen molar-refractivity contribution in [2.75, 3.05) is 19.8 Å². The first kappa shape index (κ1) is 17.0. The lowest BCUT2D eigenvalue weighted by atomic mass is 10.1. The van der Waals surface area contributed by atoms with Crippen LogP contribution in [0, 0.1) is 0 Å². The number of aromatic nitrogens is 2. The Labute approximate surface area is 145 Å². The molecule has 1 amide bonds. The third kappa shape index (κ3) is 4.19. The Balaban J connectivity index is 1.87. The maximum absolute atomic E-state index is 12.9. The van der Waals surface area contributed by atoms with Gasteiger partial charge in [-0.1, -0.05) is 30.3 Å². The Hall–Kier alpha value is -2.80. The van der Waals surface area contributed by atoms with E-state index in [4.69, 9.17) is 4.74 Å². The van der Waals surface area contributed by atoms with Crippen LogP contribution in [-0.4, -0.2) is 57.7 Å². The zero-order valence-electron chi connectivity index (χ0n) is 13.7. The van der Waals surface area contributed by atoms with E-state index >= 15 is 0 Å². The highest BCUT2D eigenvalue weighted by Gasteiger charge is 2.29. The molecule has 7 heteroatoms. The zero-order valence-corrected chi connectivity index (χ0v) is 13.7. The molecule has 130 valence electrons. The number of hydrogen-bond donors (Lipinski definition) is 1. The van der Waals surface area contributed by atoms with Gasteiger partial charge < -0.3 is 14.7 Å². The second-order valence-electron chi connectivity index (χ2n) is 5.80. The van der Waals surface area contributed by atoms with Crippen LogP contribution < -0.4 is 0 Å². The Kier molecular flexibility index (Phi) is 5.35. The van der Waals surface area contributed by atoms with Crippen LogP contribution in [0.5, 0.6) is 0 Å². The topological polar surface area (TPSA) is 92.6 Å². The van der Waals surface area contributed by atoms with E-state index in [9.17, 15) is 14.7 Å². The van der Waals surface area contributed by atoms with E-state index in [1.165, 1.54) is 17.2 Å². The molecule has 0 unspecified atom stereocenters. The minimum atomic E-state index is -1.04. The lowest BCUT2D eigenvalue weighted by molar-refractivity contribution is -0.138. The van der Waals surface area contributed by atoms with Gasteiger partial charge in [-0.25, -0.2) is 9.97 Å². The molecule has 0 bridgehead atoms. The second kappa shape index (κ2) is 7.85. The number of carboxylic acid groups (broad SMARTS) is 1. The first-order valence-electron chi connectivity index (χ1n) is 8.14. The van der Waals surface area contributed by atoms with Crippen molar-refractivity contribution < 1.29 is 19.4 Å². The molecule has 0 radical (unpaired) electrons. The summed E-state index contributed by atoms with van der Waals surface area (Å²) in [5.41, 5.74) is 0.995. The molecule has 0 atom stereocenters. The molecule has 1 aromatic carbocycles. The van der Waals surface area contributed by atoms with Gasteiger partial charge in [-0.15, -0.1) is 0 Å². The summed E-state index contributed by atoms with van der Waals surface area (Å²) in [7, 11) is 0. The maximum atomic E-state index is 12.9. The average molecular weight is 341 g/mol. The Morgan fingerprint density at radius 3 is 2.56 bits per heavy atom. The number of amides is 1. The number of aliphatic carboxylic acids is 1. The fraction of sp³-hybridized carbons (Fsp3) is 0.333. The lowest BCUT2D eigenvalue weighted by Crippen LogP contribution is -2.46. The molecule has 2 heterocycles. The molecule has 7 nitrogen and oxygen atoms in total. The van der Waals surface area contributed by atoms with E-state index < -0.39 is 11.9 Å². The molecule has 2 aromatic rings. The summed E-state index contributed by atoms with van der Waals surface area (Å²) in [4.78, 5) is 34.0. The van der Waals surface area contributed by atoms with Crippen molar-refractivity contribution in [2.45, 2.75) is 18.9 Å². The molecule has 1 aromatic heterocycles. The number of carboxylic acids is 1. The Bertz CT molecular complexity index is 745. The first-order valence-corrected chi connectivity index (χ1v) is 8.14. The minimum Gasteiger partial charge on any atom is -0.480 e. The van der Waals surface area contributed by atoms with Crippen molar-refractivity contribution in [2.24, 2.45) is 0 Å². The average Bonchev–Trinajstić information content (AvgIpc) is 2.67. The first-order chi connectivity index (χ1) is 12.1. The molecule has 1 saturated heterocycles. The van der Waals surface area contributed by atoms with Crippen LogP contribution in [0.25, 0.3) is 11.4 Å². The SMILES string of the molecule is O=C(O)CN(C(=O)c1ccnc(-c2ccccc2)n1)C1CCOCC1. The van der Waals surface area contributed by atoms with Crippen LogP contribution in [-0.2, 0) is 9.53 Å². The van der Waals surface area contributed by atoms with Crippen molar-refractivity contribution >= 4 is 11.9 Å². The molecule has 1 fully saturated rings. The fourth-order valence-corrected chi connectivity index (χ4v) is 2.86. The van der Waals surface area contributed by atoms with E-state index in [0.29, 0.717) is 31.9 Å². The van der Waals surface area contributed by atoms with Gasteiger partial charge in [0.25, 0.3) is 5.91 Å². The zero-order chi connectivity index (χ0) is 17.6. The predicted octanol–water partition coefficient (Wildman–Crippen LogP) is 1.85. The van der Waals surface area contributed by atoms with Gasteiger partial charge in [-0.2, -0.15) is 0 Å². The van der Waals surface area contributed by atoms with Crippen LogP contribution in [0.4, 0.5) is 0 Å². The highest BCUT2D eigenvalue weighted by atomic mass is 16.5. The number of rotatable bonds is 5. The third-order valence-electron chi connectivity index (χ3n) is 4.10. The van der Waals surface area contributed by atoms with Gasteiger partial charge in [0, 0.05) is 31.0 Å². The molecule has 25 heavy (non-hydrogen) atoms. The van der Waals surface area contributed by atoms with E-state index in [-0.39, 0.29) is 18.3 Å². The van der Waals surface area contributed by atoms with E-state index in [1.807, 2.05) is 30.3 Å². The molecule has 1 aliphatic heterocycles. The molecule has 3 rings (SSSR count). The Morgan fingerprint density at radius 1 is 1.16 bits per heavy atom. The number of ether oxygens (including phenoxy) is 1. The largest absolute Gasteiger partial charge is 0.480 e. The number of carbonyl (C=O) groups excluding carboxylic acids is 1. The summed E-state index contributed by atoms with van der Waals surface area (Å²) in [6, 6.07) is 10.7. The van der Waals surface area contributed by atoms with Gasteiger partial charge in [-0.05, 0) is 18.9 Å². The number of nitrogens with zero attached hydrogens (tertiary/aromatic N) is 3. The summed E-state index contributed by atoms with van der Waals surface area (Å²) < 4.78 is 5.31. The smallest absolute Gasteiger partial charge is 0.323 e. The summed E-state index contributed by atoms with van der Waals surface area (Å²) in [5.74, 6) is -1.00. The normalized spacial score (nSPS) is 14.9. The molecule has 1 N–H and O–H groups in total. The number of benzene rings is 1. The standard InChI is InChI=1S/C18H19N3O4/c22-16(23)12-21(14-7-10-25-11-8-14)18(24)15-6-9-19-17(20-15)13-4-2-1-3-5-13/h1-6,9,14H,7-8,10-12H2,(H,22,23). The highest BCUT2D eigenvalue weighted by molar-refractivity contribution is 5.94. The highest BCUT2D eigenvalue weighted by Crippen LogP contribution is 2.19. The summed E-state index contributed by atoms with van der Waals surface area (Å²) in [6.45, 7) is 0.689. The van der Waals surface area contributed by atoms with Gasteiger partial charge in [-0.3, -0.25) is 9.59 Å². The quantitative estimate of drug-likeness (QED) is 0.892. The molecular weight excluding hydrogens is 322 g/mol. The summed E-state index contributed by atoms with van der Waals surface area (Å²) in [6.07, 6.45) is 2.76. The fourth-order valence-electron chi connectivity index (χ4n) is 2.86. The van der Waals surface area contributed by atoms with Crippen LogP contribution in [0.3, 0.4) is 0 Å². The molecule has 1 aliphatic rings. The lowest BCUT2D eigenvalue weighted by Gasteiger charge is -2.33. The van der Waals surface area contributed by atoms with Crippen molar-refractivity contribution in [3.8, 4) is 11.4 Å². The van der Waals surface area contributed by atoms with Gasteiger partial charge in [0.2, 0.25) is 0 Å². The van der Waals surface area contributed by atoms with Crippen LogP contribution in [0.2, 0.25) is 0 Å². The monoisotopic (exact) mass is 341 g/mol. The number of carbonyl (C=O) groups is 2. The Morgan fingerprint density at radius 2 is 1.88 bits per heavy atom.